The van der Waals surface area contributed by atoms with Crippen LogP contribution in [0.5, 0.6) is 0 Å². The Kier molecular flexibility index (Phi) is 3.47. The summed E-state index contributed by atoms with van der Waals surface area (Å²) in [5.74, 6) is 0. The molecule has 1 unspecified atom stereocenters. The molecule has 0 bridgehead atoms. The molecule has 22 heavy (non-hydrogen) atoms. The molecule has 3 aromatic heterocycles. The molecule has 1 fully saturated rings. The summed E-state index contributed by atoms with van der Waals surface area (Å²) in [5.41, 5.74) is 3.34. The van der Waals surface area contributed by atoms with Crippen LogP contribution in [0.2, 0.25) is 5.15 Å². The second kappa shape index (κ2) is 5.37. The Balaban J connectivity index is 1.62. The van der Waals surface area contributed by atoms with E-state index in [0.717, 1.165) is 41.0 Å². The van der Waals surface area contributed by atoms with Gasteiger partial charge in [-0.2, -0.15) is 5.10 Å². The number of rotatable bonds is 3. The summed E-state index contributed by atoms with van der Waals surface area (Å²) in [4.78, 5) is 8.23. The van der Waals surface area contributed by atoms with Crippen molar-refractivity contribution >= 4 is 27.9 Å². The largest absolute Gasteiger partial charge is 0.297 e. The van der Waals surface area contributed by atoms with Crippen LogP contribution in [0, 0.1) is 6.92 Å². The van der Waals surface area contributed by atoms with Crippen LogP contribution in [0.1, 0.15) is 35.8 Å². The molecule has 0 aromatic carbocycles. The van der Waals surface area contributed by atoms with Gasteiger partial charge in [0.15, 0.2) is 4.96 Å². The Morgan fingerprint density at radius 3 is 3.05 bits per heavy atom. The standard InChI is InChI=1S/C15H18ClN5S/c1-10-13(14(16)19(2)18-10)12-4-3-5-20(12)8-11-9-21-6-7-22-15(21)17-11/h6-7,9,12H,3-5,8H2,1-2H3. The summed E-state index contributed by atoms with van der Waals surface area (Å²) < 4.78 is 3.86. The number of thiazole rings is 1. The van der Waals surface area contributed by atoms with E-state index in [0.29, 0.717) is 6.04 Å². The minimum atomic E-state index is 0.348. The first-order chi connectivity index (χ1) is 10.6. The lowest BCUT2D eigenvalue weighted by Crippen LogP contribution is -2.23. The highest BCUT2D eigenvalue weighted by Gasteiger charge is 2.31. The summed E-state index contributed by atoms with van der Waals surface area (Å²) in [6, 6.07) is 0.348. The zero-order valence-corrected chi connectivity index (χ0v) is 14.2. The van der Waals surface area contributed by atoms with Crippen molar-refractivity contribution in [1.29, 1.82) is 0 Å². The number of hydrogen-bond acceptors (Lipinski definition) is 4. The van der Waals surface area contributed by atoms with Crippen molar-refractivity contribution in [3.8, 4) is 0 Å². The van der Waals surface area contributed by atoms with Gasteiger partial charge >= 0.3 is 0 Å². The first-order valence-electron chi connectivity index (χ1n) is 7.47. The molecule has 3 aromatic rings. The normalized spacial score (nSPS) is 19.5. The Labute approximate surface area is 138 Å². The topological polar surface area (TPSA) is 38.4 Å². The van der Waals surface area contributed by atoms with Gasteiger partial charge in [0.05, 0.1) is 11.4 Å². The maximum absolute atomic E-state index is 6.46. The number of halogens is 1. The Morgan fingerprint density at radius 2 is 2.32 bits per heavy atom. The number of likely N-dealkylation sites (tertiary alicyclic amines) is 1. The first kappa shape index (κ1) is 14.2. The molecule has 1 aliphatic rings. The molecule has 1 saturated heterocycles. The van der Waals surface area contributed by atoms with Crippen molar-refractivity contribution in [2.45, 2.75) is 32.4 Å². The molecule has 0 aliphatic carbocycles. The monoisotopic (exact) mass is 335 g/mol. The van der Waals surface area contributed by atoms with Crippen LogP contribution >= 0.6 is 22.9 Å². The van der Waals surface area contributed by atoms with Crippen LogP contribution in [0.25, 0.3) is 4.96 Å². The zero-order valence-electron chi connectivity index (χ0n) is 12.7. The first-order valence-corrected chi connectivity index (χ1v) is 8.73. The molecular weight excluding hydrogens is 318 g/mol. The van der Waals surface area contributed by atoms with Crippen molar-refractivity contribution in [3.63, 3.8) is 0 Å². The lowest BCUT2D eigenvalue weighted by atomic mass is 10.1. The molecule has 4 heterocycles. The summed E-state index contributed by atoms with van der Waals surface area (Å²) in [5, 5.41) is 7.29. The highest BCUT2D eigenvalue weighted by Crippen LogP contribution is 2.38. The summed E-state index contributed by atoms with van der Waals surface area (Å²) >= 11 is 8.14. The van der Waals surface area contributed by atoms with E-state index < -0.39 is 0 Å². The number of hydrogen-bond donors (Lipinski definition) is 0. The Bertz CT molecular complexity index is 789. The number of aryl methyl sites for hydroxylation is 2. The summed E-state index contributed by atoms with van der Waals surface area (Å²) in [6.45, 7) is 3.99. The fraction of sp³-hybridized carbons (Fsp3) is 0.467. The Morgan fingerprint density at radius 1 is 1.45 bits per heavy atom. The fourth-order valence-corrected chi connectivity index (χ4v) is 4.45. The second-order valence-electron chi connectivity index (χ2n) is 5.87. The van der Waals surface area contributed by atoms with Crippen LogP contribution in [-0.4, -0.2) is 30.6 Å². The van der Waals surface area contributed by atoms with Crippen molar-refractivity contribution < 1.29 is 0 Å². The van der Waals surface area contributed by atoms with Gasteiger partial charge in [-0.05, 0) is 26.3 Å². The lowest BCUT2D eigenvalue weighted by Gasteiger charge is -2.23. The number of imidazole rings is 1. The van der Waals surface area contributed by atoms with Gasteiger partial charge in [0, 0.05) is 43.0 Å². The van der Waals surface area contributed by atoms with Crippen molar-refractivity contribution in [2.24, 2.45) is 7.05 Å². The van der Waals surface area contributed by atoms with E-state index in [9.17, 15) is 0 Å². The van der Waals surface area contributed by atoms with E-state index in [2.05, 4.69) is 32.2 Å². The number of fused-ring (bicyclic) bond motifs is 1. The van der Waals surface area contributed by atoms with Gasteiger partial charge in [-0.1, -0.05) is 11.6 Å². The SMILES string of the molecule is Cc1nn(C)c(Cl)c1C1CCCN1Cc1cn2ccsc2n1. The molecule has 116 valence electrons. The van der Waals surface area contributed by atoms with Gasteiger partial charge in [0.25, 0.3) is 0 Å². The van der Waals surface area contributed by atoms with Crippen molar-refractivity contribution in [1.82, 2.24) is 24.1 Å². The molecular formula is C15H18ClN5S. The van der Waals surface area contributed by atoms with Crippen LogP contribution < -0.4 is 0 Å². The number of aromatic nitrogens is 4. The van der Waals surface area contributed by atoms with Crippen LogP contribution in [-0.2, 0) is 13.6 Å². The maximum atomic E-state index is 6.46. The molecule has 0 amide bonds. The average Bonchev–Trinajstić information content (AvgIpc) is 3.18. The van der Waals surface area contributed by atoms with E-state index in [1.165, 1.54) is 12.0 Å². The second-order valence-corrected chi connectivity index (χ2v) is 7.10. The van der Waals surface area contributed by atoms with Gasteiger partial charge < -0.3 is 0 Å². The highest BCUT2D eigenvalue weighted by atomic mass is 35.5. The predicted molar refractivity (Wildman–Crippen MR) is 88.4 cm³/mol. The molecule has 0 saturated carbocycles. The average molecular weight is 336 g/mol. The molecule has 5 nitrogen and oxygen atoms in total. The molecule has 7 heteroatoms. The third kappa shape index (κ3) is 2.26. The van der Waals surface area contributed by atoms with Crippen LogP contribution in [0.4, 0.5) is 0 Å². The van der Waals surface area contributed by atoms with E-state index >= 15 is 0 Å². The van der Waals surface area contributed by atoms with Gasteiger partial charge in [-0.25, -0.2) is 4.98 Å². The van der Waals surface area contributed by atoms with E-state index in [4.69, 9.17) is 16.6 Å². The van der Waals surface area contributed by atoms with Crippen molar-refractivity contribution in [2.75, 3.05) is 6.54 Å². The minimum absolute atomic E-state index is 0.348. The van der Waals surface area contributed by atoms with Gasteiger partial charge in [-0.15, -0.1) is 11.3 Å². The molecule has 0 N–H and O–H groups in total. The van der Waals surface area contributed by atoms with Crippen molar-refractivity contribution in [3.05, 3.63) is 39.9 Å². The minimum Gasteiger partial charge on any atom is -0.297 e. The fourth-order valence-electron chi connectivity index (χ4n) is 3.43. The third-order valence-electron chi connectivity index (χ3n) is 4.40. The molecule has 4 rings (SSSR count). The molecule has 1 atom stereocenters. The van der Waals surface area contributed by atoms with E-state index in [-0.39, 0.29) is 0 Å². The van der Waals surface area contributed by atoms with Gasteiger partial charge in [-0.3, -0.25) is 14.0 Å². The maximum Gasteiger partial charge on any atom is 0.193 e. The highest BCUT2D eigenvalue weighted by molar-refractivity contribution is 7.15. The summed E-state index contributed by atoms with van der Waals surface area (Å²) in [7, 11) is 1.90. The quantitative estimate of drug-likeness (QED) is 0.736. The number of nitrogens with zero attached hydrogens (tertiary/aromatic N) is 5. The predicted octanol–water partition coefficient (Wildman–Crippen LogP) is 3.43. The Hall–Kier alpha value is -1.37. The van der Waals surface area contributed by atoms with E-state index in [1.807, 2.05) is 14.0 Å². The van der Waals surface area contributed by atoms with E-state index in [1.54, 1.807) is 16.0 Å². The van der Waals surface area contributed by atoms with Crippen LogP contribution in [0.15, 0.2) is 17.8 Å². The van der Waals surface area contributed by atoms with Crippen LogP contribution in [0.3, 0.4) is 0 Å². The molecule has 0 spiro atoms. The lowest BCUT2D eigenvalue weighted by molar-refractivity contribution is 0.245. The smallest absolute Gasteiger partial charge is 0.193 e. The third-order valence-corrected chi connectivity index (χ3v) is 5.62. The van der Waals surface area contributed by atoms with Gasteiger partial charge in [0.1, 0.15) is 5.15 Å². The van der Waals surface area contributed by atoms with Gasteiger partial charge in [0.2, 0.25) is 0 Å². The summed E-state index contributed by atoms with van der Waals surface area (Å²) in [6.07, 6.45) is 6.50. The molecule has 0 radical (unpaired) electrons. The zero-order chi connectivity index (χ0) is 15.3. The molecule has 1 aliphatic heterocycles.